The number of rotatable bonds is 26. The molecule has 0 aliphatic heterocycles. The molecule has 370 valence electrons. The number of benzene rings is 4. The minimum absolute atomic E-state index is 0.0203. The quantitative estimate of drug-likeness (QED) is 0.0340. The lowest BCUT2D eigenvalue weighted by molar-refractivity contribution is -0.142. The molecule has 6 aromatic rings. The van der Waals surface area contributed by atoms with Crippen molar-refractivity contribution in [3.8, 4) is 40.2 Å². The number of carboxylic acids is 2. The van der Waals surface area contributed by atoms with Gasteiger partial charge in [-0.25, -0.2) is 0 Å². The fraction of sp³-hybridized carbons (Fsp3) is 0.296. The number of nitriles is 1. The first-order valence-corrected chi connectivity index (χ1v) is 23.7. The van der Waals surface area contributed by atoms with Crippen LogP contribution in [0.4, 0.5) is 0 Å². The van der Waals surface area contributed by atoms with E-state index in [-0.39, 0.29) is 64.4 Å². The number of carbonyl (C=O) groups excluding carboxylic acids is 1. The largest absolute Gasteiger partial charge is 0.488 e. The predicted molar refractivity (Wildman–Crippen MR) is 268 cm³/mol. The molecule has 71 heavy (non-hydrogen) atoms. The maximum Gasteiger partial charge on any atom is 0.320 e. The van der Waals surface area contributed by atoms with E-state index in [0.29, 0.717) is 73.7 Å². The van der Waals surface area contributed by atoms with E-state index in [0.717, 1.165) is 33.4 Å². The zero-order valence-corrected chi connectivity index (χ0v) is 41.1. The summed E-state index contributed by atoms with van der Waals surface area (Å²) in [7, 11) is 0. The second-order valence-electron chi connectivity index (χ2n) is 16.9. The summed E-state index contributed by atoms with van der Waals surface area (Å²) in [5.74, 6) is -1.85. The number of carbonyl (C=O) groups is 3. The number of aryl methyl sites for hydroxylation is 1. The van der Waals surface area contributed by atoms with Gasteiger partial charge in [-0.05, 0) is 103 Å². The Morgan fingerprint density at radius 3 is 1.77 bits per heavy atom. The van der Waals surface area contributed by atoms with Gasteiger partial charge in [0.05, 0.1) is 27.1 Å². The van der Waals surface area contributed by atoms with E-state index in [1.165, 1.54) is 12.4 Å². The minimum atomic E-state index is -1.01. The van der Waals surface area contributed by atoms with E-state index in [1.807, 2.05) is 57.2 Å². The van der Waals surface area contributed by atoms with Crippen molar-refractivity contribution in [3.63, 3.8) is 0 Å². The molecule has 0 fully saturated rings. The first kappa shape index (κ1) is 53.1. The molecule has 6 N–H and O–H groups in total. The van der Waals surface area contributed by atoms with Crippen molar-refractivity contribution in [3.05, 3.63) is 163 Å². The molecule has 0 radical (unpaired) electrons. The second kappa shape index (κ2) is 25.6. The molecule has 15 nitrogen and oxygen atoms in total. The Labute approximate surface area is 422 Å². The number of primary amides is 1. The van der Waals surface area contributed by atoms with Gasteiger partial charge in [0.1, 0.15) is 61.5 Å². The average Bonchev–Trinajstić information content (AvgIpc) is 3.35. The van der Waals surface area contributed by atoms with Crippen molar-refractivity contribution in [1.82, 2.24) is 15.3 Å². The van der Waals surface area contributed by atoms with Crippen molar-refractivity contribution in [1.29, 1.82) is 5.26 Å². The summed E-state index contributed by atoms with van der Waals surface area (Å²) in [6, 6.07) is 23.3. The monoisotopic (exact) mass is 1000 g/mol. The van der Waals surface area contributed by atoms with Crippen LogP contribution in [-0.4, -0.2) is 55.8 Å². The van der Waals surface area contributed by atoms with Gasteiger partial charge in [-0.3, -0.25) is 24.4 Å². The van der Waals surface area contributed by atoms with Crippen molar-refractivity contribution in [2.75, 3.05) is 6.61 Å². The Morgan fingerprint density at radius 2 is 1.24 bits per heavy atom. The van der Waals surface area contributed by atoms with Gasteiger partial charge in [-0.2, -0.15) is 5.26 Å². The summed E-state index contributed by atoms with van der Waals surface area (Å²) in [4.78, 5) is 43.8. The molecule has 1 amide bonds. The molecule has 0 aliphatic rings. The lowest BCUT2D eigenvalue weighted by atomic mass is 9.92. The van der Waals surface area contributed by atoms with Crippen LogP contribution in [0.15, 0.2) is 97.6 Å². The van der Waals surface area contributed by atoms with Gasteiger partial charge in [0.2, 0.25) is 5.91 Å². The number of hydrogen-bond donors (Lipinski definition) is 5. The Hall–Kier alpha value is -7.22. The molecule has 1 unspecified atom stereocenters. The van der Waals surface area contributed by atoms with Gasteiger partial charge in [0.15, 0.2) is 0 Å². The topological polar surface area (TPSA) is 236 Å². The number of hydrogen-bond acceptors (Lipinski definition) is 12. The summed E-state index contributed by atoms with van der Waals surface area (Å²) in [5, 5.41) is 42.0. The molecule has 0 aliphatic carbocycles. The van der Waals surface area contributed by atoms with Crippen LogP contribution < -0.4 is 30.0 Å². The molecule has 0 saturated carbocycles. The predicted octanol–water partition coefficient (Wildman–Crippen LogP) is 9.71. The first-order chi connectivity index (χ1) is 34.2. The summed E-state index contributed by atoms with van der Waals surface area (Å²) in [6.07, 6.45) is 7.72. The lowest BCUT2D eigenvalue weighted by Crippen LogP contribution is -2.36. The van der Waals surface area contributed by atoms with Gasteiger partial charge in [0, 0.05) is 66.8 Å². The average molecular weight is 1000 g/mol. The fourth-order valence-corrected chi connectivity index (χ4v) is 8.39. The van der Waals surface area contributed by atoms with Gasteiger partial charge >= 0.3 is 11.9 Å². The second-order valence-corrected chi connectivity index (χ2v) is 17.7. The number of amides is 1. The minimum Gasteiger partial charge on any atom is -0.488 e. The normalized spacial score (nSPS) is 11.8. The van der Waals surface area contributed by atoms with Crippen LogP contribution in [0.1, 0.15) is 93.0 Å². The van der Waals surface area contributed by atoms with Crippen molar-refractivity contribution in [2.24, 2.45) is 11.7 Å². The Kier molecular flexibility index (Phi) is 19.1. The number of ether oxygens (including phenoxy) is 4. The van der Waals surface area contributed by atoms with Crippen LogP contribution >= 0.6 is 23.2 Å². The number of nitrogens with zero attached hydrogens (tertiary/aromatic N) is 3. The van der Waals surface area contributed by atoms with Gasteiger partial charge < -0.3 is 45.3 Å². The van der Waals surface area contributed by atoms with E-state index in [1.54, 1.807) is 48.8 Å². The molecule has 0 bridgehead atoms. The SMILES string of the molecule is CCCC(NCc1cc(Cl)c(OCc2cccc(-c3cccc(COc4cc(OCc5cncc(C(N)=O)c5)c(CC[C@@H](CCO)C(=O)O)cc4Cl)c3C)c2C)cc1OCc1cncc(C#N)c1)C(=O)O. The third-order valence-electron chi connectivity index (χ3n) is 12.0. The maximum atomic E-state index is 11.9. The molecule has 2 atom stereocenters. The van der Waals surface area contributed by atoms with Crippen LogP contribution in [-0.2, 0) is 49.0 Å². The van der Waals surface area contributed by atoms with E-state index in [2.05, 4.69) is 21.4 Å². The molecule has 2 heterocycles. The van der Waals surface area contributed by atoms with E-state index < -0.39 is 29.8 Å². The highest BCUT2D eigenvalue weighted by Gasteiger charge is 2.22. The Balaban J connectivity index is 1.21. The van der Waals surface area contributed by atoms with Crippen molar-refractivity contribution >= 4 is 41.0 Å². The number of nitrogens with one attached hydrogen (secondary N) is 1. The Bertz CT molecular complexity index is 2910. The number of aliphatic hydroxyl groups excluding tert-OH is 1. The van der Waals surface area contributed by atoms with Crippen LogP contribution in [0.3, 0.4) is 0 Å². The molecule has 0 saturated heterocycles. The van der Waals surface area contributed by atoms with E-state index >= 15 is 0 Å². The molecule has 2 aromatic heterocycles. The Morgan fingerprint density at radius 1 is 0.690 bits per heavy atom. The zero-order chi connectivity index (χ0) is 51.0. The number of nitrogens with two attached hydrogens (primary N) is 1. The highest BCUT2D eigenvalue weighted by atomic mass is 35.5. The standard InChI is InChI=1S/C54H55Cl2N5O10/c1-4-7-47(54(66)67)61-27-41-19-46(56)51(21-49(41)69-28-35-16-34(22-57)23-59-24-35)71-31-40-9-6-11-44(33(40)3)43-10-5-8-39(32(43)2)30-70-50-20-48(68-29-36-17-42(52(58)63)26-60-25-36)38(18-45(50)55)13-12-37(14-15-62)53(64)65/h5-6,8-11,16-21,23-26,37,47,61-62H,4,7,12-15,27-31H2,1-3H3,(H2,58,63)(H,64,65)(H,66,67)/t37-,47?/m0/s1. The molecule has 0 spiro atoms. The number of aliphatic carboxylic acids is 2. The van der Waals surface area contributed by atoms with Crippen molar-refractivity contribution < 1.29 is 48.7 Å². The van der Waals surface area contributed by atoms with E-state index in [9.17, 15) is 35.0 Å². The van der Waals surface area contributed by atoms with E-state index in [4.69, 9.17) is 47.9 Å². The summed E-state index contributed by atoms with van der Waals surface area (Å²) < 4.78 is 25.2. The van der Waals surface area contributed by atoms with Crippen molar-refractivity contribution in [2.45, 2.75) is 91.9 Å². The number of pyridine rings is 2. The van der Waals surface area contributed by atoms with Gasteiger partial charge in [-0.1, -0.05) is 72.9 Å². The summed E-state index contributed by atoms with van der Waals surface area (Å²) in [6.45, 7) is 6.27. The zero-order valence-electron chi connectivity index (χ0n) is 39.5. The summed E-state index contributed by atoms with van der Waals surface area (Å²) >= 11 is 13.7. The highest BCUT2D eigenvalue weighted by molar-refractivity contribution is 6.32. The first-order valence-electron chi connectivity index (χ1n) is 22.9. The third-order valence-corrected chi connectivity index (χ3v) is 12.6. The molecule has 4 aromatic carbocycles. The summed E-state index contributed by atoms with van der Waals surface area (Å²) in [5.41, 5.74) is 14.3. The molecule has 17 heteroatoms. The van der Waals surface area contributed by atoms with Crippen LogP contribution in [0, 0.1) is 31.1 Å². The molecule has 6 rings (SSSR count). The van der Waals surface area contributed by atoms with Gasteiger partial charge in [0.25, 0.3) is 0 Å². The van der Waals surface area contributed by atoms with Crippen LogP contribution in [0.2, 0.25) is 10.0 Å². The van der Waals surface area contributed by atoms with Gasteiger partial charge in [-0.15, -0.1) is 0 Å². The smallest absolute Gasteiger partial charge is 0.320 e. The molecular weight excluding hydrogens is 950 g/mol. The molecular formula is C54H55Cl2N5O10. The van der Waals surface area contributed by atoms with Crippen LogP contribution in [0.5, 0.6) is 23.0 Å². The number of aromatic nitrogens is 2. The maximum absolute atomic E-state index is 11.9. The fourth-order valence-electron chi connectivity index (χ4n) is 7.91. The lowest BCUT2D eigenvalue weighted by Gasteiger charge is -2.19. The number of carboxylic acid groups (broad SMARTS) is 2. The van der Waals surface area contributed by atoms with Crippen LogP contribution in [0.25, 0.3) is 11.1 Å². The third kappa shape index (κ3) is 14.4. The number of aliphatic hydroxyl groups is 1. The highest BCUT2D eigenvalue weighted by Crippen LogP contribution is 2.38. The number of halogens is 2.